The Labute approximate surface area is 432 Å². The van der Waals surface area contributed by atoms with Gasteiger partial charge in [0.15, 0.2) is 0 Å². The number of thiazole rings is 2. The Morgan fingerprint density at radius 3 is 1.43 bits per heavy atom. The molecule has 4 N–H and O–H groups in total. The number of hydrogen-bond donors (Lipinski definition) is 4. The standard InChI is InChI=1S/C54H74N8O8S2/c1-33-42(71-31-57-33)37-21-17-35(18-22-37)27-55-46(64)39-15-13-25-61(39)48(66)44(51(3,4)5)59-41(63)29-69-53(9,10)30-70-54(11,12)50(68)60-45(52(6,7)8)49(67)62-26-14-16-40(62)47(65)56-28-36-19-23-38(24-20-36)43-34(2)58-32-72-43/h17-24,31-32,39-40,44-45H,13-16,25-30H2,1-12H3,(H,55,64)(H,56,65)(H,59,63)(H,60,68)/t39-,40-,44+,45+/m0/s1. The van der Waals surface area contributed by atoms with Crippen LogP contribution in [0.5, 0.6) is 0 Å². The van der Waals surface area contributed by atoms with Crippen molar-refractivity contribution in [3.63, 3.8) is 0 Å². The number of ether oxygens (including phenoxy) is 2. The summed E-state index contributed by atoms with van der Waals surface area (Å²) in [5.41, 5.74) is 5.65. The third kappa shape index (κ3) is 14.1. The Morgan fingerprint density at radius 2 is 1.04 bits per heavy atom. The summed E-state index contributed by atoms with van der Waals surface area (Å²) in [6.07, 6.45) is 2.32. The lowest BCUT2D eigenvalue weighted by molar-refractivity contribution is -0.162. The van der Waals surface area contributed by atoms with E-state index in [4.69, 9.17) is 9.47 Å². The van der Waals surface area contributed by atoms with E-state index in [9.17, 15) is 28.8 Å². The van der Waals surface area contributed by atoms with Gasteiger partial charge in [-0.05, 0) is 100 Å². The molecule has 0 saturated carbocycles. The summed E-state index contributed by atoms with van der Waals surface area (Å²) in [6, 6.07) is 12.7. The molecular formula is C54H74N8O8S2. The van der Waals surface area contributed by atoms with Crippen LogP contribution in [0.2, 0.25) is 0 Å². The largest absolute Gasteiger partial charge is 0.363 e. The lowest BCUT2D eigenvalue weighted by Gasteiger charge is -2.38. The molecule has 2 aromatic carbocycles. The maximum absolute atomic E-state index is 14.3. The number of aryl methyl sites for hydroxylation is 2. The summed E-state index contributed by atoms with van der Waals surface area (Å²) in [7, 11) is 0. The van der Waals surface area contributed by atoms with Gasteiger partial charge in [-0.15, -0.1) is 22.7 Å². The summed E-state index contributed by atoms with van der Waals surface area (Å²) in [5, 5.41) is 11.8. The van der Waals surface area contributed by atoms with Gasteiger partial charge in [0.2, 0.25) is 29.5 Å². The second-order valence-electron chi connectivity index (χ2n) is 22.2. The topological polar surface area (TPSA) is 201 Å². The highest BCUT2D eigenvalue weighted by Crippen LogP contribution is 2.31. The second kappa shape index (κ2) is 23.1. The summed E-state index contributed by atoms with van der Waals surface area (Å²) in [4.78, 5) is 97.1. The van der Waals surface area contributed by atoms with Gasteiger partial charge in [-0.1, -0.05) is 90.1 Å². The molecule has 6 rings (SSSR count). The van der Waals surface area contributed by atoms with Gasteiger partial charge in [0.05, 0.1) is 44.4 Å². The lowest BCUT2D eigenvalue weighted by Crippen LogP contribution is -2.60. The van der Waals surface area contributed by atoms with E-state index >= 15 is 0 Å². The predicted molar refractivity (Wildman–Crippen MR) is 281 cm³/mol. The smallest absolute Gasteiger partial charge is 0.252 e. The first-order valence-corrected chi connectivity index (χ1v) is 26.5. The molecule has 390 valence electrons. The minimum Gasteiger partial charge on any atom is -0.363 e. The molecule has 2 aliphatic rings. The quantitative estimate of drug-likeness (QED) is 0.0750. The molecular weight excluding hydrogens is 953 g/mol. The van der Waals surface area contributed by atoms with Crippen LogP contribution in [0, 0.1) is 24.7 Å². The predicted octanol–water partition coefficient (Wildman–Crippen LogP) is 7.12. The van der Waals surface area contributed by atoms with Crippen LogP contribution in [0.25, 0.3) is 20.9 Å². The fourth-order valence-corrected chi connectivity index (χ4v) is 10.4. The maximum atomic E-state index is 14.3. The summed E-state index contributed by atoms with van der Waals surface area (Å²) >= 11 is 3.16. The van der Waals surface area contributed by atoms with Crippen molar-refractivity contribution in [3.05, 3.63) is 82.1 Å². The van der Waals surface area contributed by atoms with Crippen LogP contribution in [-0.4, -0.2) is 117 Å². The van der Waals surface area contributed by atoms with Crippen LogP contribution < -0.4 is 21.3 Å². The first kappa shape index (κ1) is 55.7. The molecule has 2 aromatic heterocycles. The van der Waals surface area contributed by atoms with Crippen molar-refractivity contribution in [3.8, 4) is 20.9 Å². The molecule has 2 aliphatic heterocycles. The van der Waals surface area contributed by atoms with E-state index in [0.717, 1.165) is 43.4 Å². The molecule has 2 fully saturated rings. The van der Waals surface area contributed by atoms with Gasteiger partial charge in [-0.25, -0.2) is 9.97 Å². The Kier molecular flexibility index (Phi) is 17.9. The van der Waals surface area contributed by atoms with E-state index in [1.807, 2.05) is 115 Å². The highest BCUT2D eigenvalue weighted by atomic mass is 32.1. The number of nitrogens with one attached hydrogen (secondary N) is 4. The highest BCUT2D eigenvalue weighted by molar-refractivity contribution is 7.13. The zero-order valence-electron chi connectivity index (χ0n) is 44.0. The number of carbonyl (C=O) groups is 6. The van der Waals surface area contributed by atoms with Crippen LogP contribution >= 0.6 is 22.7 Å². The molecule has 72 heavy (non-hydrogen) atoms. The van der Waals surface area contributed by atoms with Gasteiger partial charge in [-0.2, -0.15) is 0 Å². The zero-order valence-corrected chi connectivity index (χ0v) is 45.7. The number of hydrogen-bond acceptors (Lipinski definition) is 12. The van der Waals surface area contributed by atoms with Gasteiger partial charge < -0.3 is 40.5 Å². The number of likely N-dealkylation sites (tertiary alicyclic amines) is 2. The first-order chi connectivity index (χ1) is 33.8. The van der Waals surface area contributed by atoms with Crippen molar-refractivity contribution >= 4 is 58.1 Å². The Bertz CT molecular complexity index is 2560. The molecule has 4 aromatic rings. The van der Waals surface area contributed by atoms with E-state index in [-0.39, 0.29) is 30.2 Å². The molecule has 6 amide bonds. The van der Waals surface area contributed by atoms with E-state index in [2.05, 4.69) is 31.2 Å². The number of amides is 6. The van der Waals surface area contributed by atoms with Crippen LogP contribution in [0.4, 0.5) is 0 Å². The fourth-order valence-electron chi connectivity index (χ4n) is 8.78. The Hall–Kier alpha value is -5.56. The van der Waals surface area contributed by atoms with Crippen LogP contribution in [-0.2, 0) is 51.3 Å². The number of carbonyl (C=O) groups excluding carboxylic acids is 6. The van der Waals surface area contributed by atoms with Crippen molar-refractivity contribution in [1.29, 1.82) is 0 Å². The number of aromatic nitrogens is 2. The molecule has 18 heteroatoms. The van der Waals surface area contributed by atoms with Crippen molar-refractivity contribution in [1.82, 2.24) is 41.0 Å². The fraction of sp³-hybridized carbons (Fsp3) is 0.556. The summed E-state index contributed by atoms with van der Waals surface area (Å²) < 4.78 is 12.2. The third-order valence-corrected chi connectivity index (χ3v) is 15.2. The van der Waals surface area contributed by atoms with Gasteiger partial charge in [0.25, 0.3) is 5.91 Å². The van der Waals surface area contributed by atoms with Gasteiger partial charge in [0, 0.05) is 26.2 Å². The Balaban J connectivity index is 0.979. The lowest BCUT2D eigenvalue weighted by atomic mass is 9.85. The van der Waals surface area contributed by atoms with E-state index in [0.29, 0.717) is 51.9 Å². The molecule has 4 heterocycles. The van der Waals surface area contributed by atoms with Crippen LogP contribution in [0.3, 0.4) is 0 Å². The van der Waals surface area contributed by atoms with E-state index in [1.165, 1.54) is 0 Å². The zero-order chi connectivity index (χ0) is 52.8. The highest BCUT2D eigenvalue weighted by Gasteiger charge is 2.45. The second-order valence-corrected chi connectivity index (χ2v) is 23.9. The van der Waals surface area contributed by atoms with Crippen molar-refractivity contribution < 1.29 is 38.2 Å². The average Bonchev–Trinajstić information content (AvgIpc) is 4.18. The van der Waals surface area contributed by atoms with E-state index < -0.39 is 64.6 Å². The van der Waals surface area contributed by atoms with Gasteiger partial charge >= 0.3 is 0 Å². The molecule has 0 aliphatic carbocycles. The minimum absolute atomic E-state index is 0.0983. The third-order valence-electron chi connectivity index (χ3n) is 13.3. The molecule has 0 spiro atoms. The summed E-state index contributed by atoms with van der Waals surface area (Å²) in [5.74, 6) is -2.25. The number of benzene rings is 2. The average molecular weight is 1030 g/mol. The van der Waals surface area contributed by atoms with Crippen LogP contribution in [0.1, 0.15) is 117 Å². The van der Waals surface area contributed by atoms with Crippen molar-refractivity contribution in [2.45, 2.75) is 157 Å². The number of nitrogens with zero attached hydrogens (tertiary/aromatic N) is 4. The molecule has 2 saturated heterocycles. The van der Waals surface area contributed by atoms with Crippen molar-refractivity contribution in [2.24, 2.45) is 10.8 Å². The molecule has 0 bridgehead atoms. The summed E-state index contributed by atoms with van der Waals surface area (Å²) in [6.45, 7) is 22.6. The van der Waals surface area contributed by atoms with Crippen molar-refractivity contribution in [2.75, 3.05) is 26.3 Å². The van der Waals surface area contributed by atoms with E-state index in [1.54, 1.807) is 60.2 Å². The molecule has 16 nitrogen and oxygen atoms in total. The van der Waals surface area contributed by atoms with Gasteiger partial charge in [-0.3, -0.25) is 28.8 Å². The Morgan fingerprint density at radius 1 is 0.625 bits per heavy atom. The first-order valence-electron chi connectivity index (χ1n) is 24.8. The molecule has 0 radical (unpaired) electrons. The molecule has 4 atom stereocenters. The van der Waals surface area contributed by atoms with Crippen LogP contribution in [0.15, 0.2) is 59.6 Å². The SMILES string of the molecule is Cc1ncsc1-c1ccc(CNC(=O)[C@@H]2CCCN2C(=O)[C@@H](NC(=O)COC(C)(C)COC(C)(C)C(=O)N[C@H](C(=O)N2CCC[C@H]2C(=O)NCc2ccc(-c3scnc3C)cc2)C(C)(C)C)C(C)(C)C)cc1. The minimum atomic E-state index is -1.43. The normalized spacial score (nSPS) is 17.3. The number of rotatable bonds is 19. The maximum Gasteiger partial charge on any atom is 0.252 e. The van der Waals surface area contributed by atoms with Gasteiger partial charge in [0.1, 0.15) is 36.4 Å². The monoisotopic (exact) mass is 1030 g/mol. The molecule has 0 unspecified atom stereocenters.